The molecule has 24 heavy (non-hydrogen) atoms. The number of carbonyl (C=O) groups excluding carboxylic acids is 2. The molecule has 0 aliphatic heterocycles. The Balaban J connectivity index is 1.84. The first-order valence-electron chi connectivity index (χ1n) is 7.07. The monoisotopic (exact) mass is 368 g/mol. The van der Waals surface area contributed by atoms with Gasteiger partial charge < -0.3 is 10.6 Å². The van der Waals surface area contributed by atoms with Crippen molar-refractivity contribution in [1.29, 1.82) is 0 Å². The molecule has 0 radical (unpaired) electrons. The van der Waals surface area contributed by atoms with Crippen LogP contribution >= 0.6 is 23.1 Å². The third-order valence-electron chi connectivity index (χ3n) is 2.74. The molecule has 6 nitrogen and oxygen atoms in total. The molecule has 1 heterocycles. The summed E-state index contributed by atoms with van der Waals surface area (Å²) in [5, 5.41) is 13.5. The number of carbonyl (C=O) groups is 2. The third kappa shape index (κ3) is 5.57. The second-order valence-electron chi connectivity index (χ2n) is 5.92. The number of hydrogen-bond donors (Lipinski definition) is 2. The SMILES string of the molecule is CC(C)(C)C(=O)Nc1nnc(SCC(=O)Nc2cccc(F)c2)s1. The number of nitrogens with zero attached hydrogens (tertiary/aromatic N) is 2. The molecule has 2 rings (SSSR count). The van der Waals surface area contributed by atoms with Gasteiger partial charge in [-0.05, 0) is 18.2 Å². The van der Waals surface area contributed by atoms with Crippen LogP contribution in [0.3, 0.4) is 0 Å². The van der Waals surface area contributed by atoms with E-state index in [-0.39, 0.29) is 17.6 Å². The van der Waals surface area contributed by atoms with Crippen LogP contribution in [0.25, 0.3) is 0 Å². The van der Waals surface area contributed by atoms with E-state index in [2.05, 4.69) is 20.8 Å². The molecule has 128 valence electrons. The highest BCUT2D eigenvalue weighted by molar-refractivity contribution is 8.01. The van der Waals surface area contributed by atoms with Crippen LogP contribution in [0.1, 0.15) is 20.8 Å². The van der Waals surface area contributed by atoms with Gasteiger partial charge in [-0.25, -0.2) is 4.39 Å². The number of thioether (sulfide) groups is 1. The van der Waals surface area contributed by atoms with E-state index < -0.39 is 11.2 Å². The van der Waals surface area contributed by atoms with Crippen LogP contribution in [-0.4, -0.2) is 27.8 Å². The molecule has 2 amide bonds. The predicted octanol–water partition coefficient (Wildman–Crippen LogP) is 3.39. The molecule has 0 saturated carbocycles. The molecule has 0 atom stereocenters. The van der Waals surface area contributed by atoms with Crippen molar-refractivity contribution in [2.75, 3.05) is 16.4 Å². The van der Waals surface area contributed by atoms with Crippen molar-refractivity contribution in [2.24, 2.45) is 5.41 Å². The highest BCUT2D eigenvalue weighted by Crippen LogP contribution is 2.27. The lowest BCUT2D eigenvalue weighted by Gasteiger charge is -2.15. The quantitative estimate of drug-likeness (QED) is 0.624. The zero-order valence-electron chi connectivity index (χ0n) is 13.4. The van der Waals surface area contributed by atoms with E-state index in [4.69, 9.17) is 0 Å². The predicted molar refractivity (Wildman–Crippen MR) is 93.7 cm³/mol. The average molecular weight is 368 g/mol. The Hall–Kier alpha value is -2.00. The summed E-state index contributed by atoms with van der Waals surface area (Å²) in [7, 11) is 0. The fourth-order valence-corrected chi connectivity index (χ4v) is 3.04. The zero-order valence-corrected chi connectivity index (χ0v) is 15.1. The molecular weight excluding hydrogens is 351 g/mol. The summed E-state index contributed by atoms with van der Waals surface area (Å²) < 4.78 is 13.6. The van der Waals surface area contributed by atoms with Crippen molar-refractivity contribution in [1.82, 2.24) is 10.2 Å². The van der Waals surface area contributed by atoms with Crippen molar-refractivity contribution in [3.8, 4) is 0 Å². The highest BCUT2D eigenvalue weighted by atomic mass is 32.2. The van der Waals surface area contributed by atoms with Crippen LogP contribution in [0.5, 0.6) is 0 Å². The van der Waals surface area contributed by atoms with E-state index in [1.807, 2.05) is 0 Å². The van der Waals surface area contributed by atoms with Crippen LogP contribution in [-0.2, 0) is 9.59 Å². The van der Waals surface area contributed by atoms with Crippen molar-refractivity contribution in [3.05, 3.63) is 30.1 Å². The summed E-state index contributed by atoms with van der Waals surface area (Å²) in [4.78, 5) is 23.7. The van der Waals surface area contributed by atoms with E-state index in [1.54, 1.807) is 26.8 Å². The van der Waals surface area contributed by atoms with Crippen LogP contribution in [0.15, 0.2) is 28.6 Å². The minimum absolute atomic E-state index is 0.109. The van der Waals surface area contributed by atoms with Gasteiger partial charge in [-0.3, -0.25) is 9.59 Å². The number of nitrogens with one attached hydrogen (secondary N) is 2. The number of aromatic nitrogens is 2. The Labute approximate surface area is 147 Å². The van der Waals surface area contributed by atoms with Crippen molar-refractivity contribution < 1.29 is 14.0 Å². The summed E-state index contributed by atoms with van der Waals surface area (Å²) in [6, 6.07) is 5.68. The van der Waals surface area contributed by atoms with E-state index in [1.165, 1.54) is 41.3 Å². The normalized spacial score (nSPS) is 11.2. The van der Waals surface area contributed by atoms with Gasteiger partial charge in [0.05, 0.1) is 5.75 Å². The van der Waals surface area contributed by atoms with Crippen LogP contribution < -0.4 is 10.6 Å². The zero-order chi connectivity index (χ0) is 17.7. The summed E-state index contributed by atoms with van der Waals surface area (Å²) in [5.74, 6) is -0.734. The van der Waals surface area contributed by atoms with Gasteiger partial charge in [0.1, 0.15) is 5.82 Å². The molecule has 1 aromatic carbocycles. The number of amides is 2. The van der Waals surface area contributed by atoms with Gasteiger partial charge >= 0.3 is 0 Å². The van der Waals surface area contributed by atoms with Gasteiger partial charge in [0.2, 0.25) is 16.9 Å². The average Bonchev–Trinajstić information content (AvgIpc) is 2.92. The molecule has 0 aliphatic carbocycles. The molecule has 9 heteroatoms. The smallest absolute Gasteiger partial charge is 0.234 e. The number of anilines is 2. The standard InChI is InChI=1S/C15H17FN4O2S2/c1-15(2,3)12(22)18-13-19-20-14(24-13)23-8-11(21)17-10-6-4-5-9(16)7-10/h4-7H,8H2,1-3H3,(H,17,21)(H,18,19,22). The van der Waals surface area contributed by atoms with Gasteiger partial charge in [-0.1, -0.05) is 49.9 Å². The number of halogens is 1. The van der Waals surface area contributed by atoms with E-state index in [0.717, 1.165) is 0 Å². The maximum Gasteiger partial charge on any atom is 0.234 e. The maximum absolute atomic E-state index is 13.1. The Bertz CT molecular complexity index is 743. The topological polar surface area (TPSA) is 84.0 Å². The van der Waals surface area contributed by atoms with Crippen molar-refractivity contribution in [2.45, 2.75) is 25.1 Å². The fraction of sp³-hybridized carbons (Fsp3) is 0.333. The first kappa shape index (κ1) is 18.3. The van der Waals surface area contributed by atoms with E-state index in [9.17, 15) is 14.0 Å². The van der Waals surface area contributed by atoms with Gasteiger partial charge in [-0.15, -0.1) is 10.2 Å². The second-order valence-corrected chi connectivity index (χ2v) is 8.12. The third-order valence-corrected chi connectivity index (χ3v) is 4.72. The summed E-state index contributed by atoms with van der Waals surface area (Å²) in [6.07, 6.45) is 0. The summed E-state index contributed by atoms with van der Waals surface area (Å²) in [5.41, 5.74) is -0.125. The molecule has 0 unspecified atom stereocenters. The summed E-state index contributed by atoms with van der Waals surface area (Å²) >= 11 is 2.39. The molecule has 2 N–H and O–H groups in total. The van der Waals surface area contributed by atoms with Crippen LogP contribution in [0, 0.1) is 11.2 Å². The molecule has 0 spiro atoms. The largest absolute Gasteiger partial charge is 0.325 e. The number of benzene rings is 1. The van der Waals surface area contributed by atoms with E-state index in [0.29, 0.717) is 15.2 Å². The number of hydrogen-bond acceptors (Lipinski definition) is 6. The highest BCUT2D eigenvalue weighted by Gasteiger charge is 2.22. The van der Waals surface area contributed by atoms with Gasteiger partial charge in [0, 0.05) is 11.1 Å². The van der Waals surface area contributed by atoms with Crippen molar-refractivity contribution in [3.63, 3.8) is 0 Å². The Kier molecular flexibility index (Phi) is 5.89. The Morgan fingerprint density at radius 2 is 2.00 bits per heavy atom. The number of rotatable bonds is 5. The summed E-state index contributed by atoms with van der Waals surface area (Å²) in [6.45, 7) is 5.40. The molecule has 0 aliphatic rings. The van der Waals surface area contributed by atoms with Gasteiger partial charge in [-0.2, -0.15) is 0 Å². The van der Waals surface area contributed by atoms with Crippen molar-refractivity contribution >= 4 is 45.7 Å². The molecule has 0 bridgehead atoms. The first-order valence-corrected chi connectivity index (χ1v) is 8.87. The van der Waals surface area contributed by atoms with Crippen LogP contribution in [0.4, 0.5) is 15.2 Å². The minimum atomic E-state index is -0.524. The van der Waals surface area contributed by atoms with Crippen LogP contribution in [0.2, 0.25) is 0 Å². The Morgan fingerprint density at radius 3 is 2.67 bits per heavy atom. The van der Waals surface area contributed by atoms with Gasteiger partial charge in [0.15, 0.2) is 4.34 Å². The first-order chi connectivity index (χ1) is 11.2. The molecular formula is C15H17FN4O2S2. The Morgan fingerprint density at radius 1 is 1.25 bits per heavy atom. The minimum Gasteiger partial charge on any atom is -0.325 e. The lowest BCUT2D eigenvalue weighted by Crippen LogP contribution is -2.27. The lowest BCUT2D eigenvalue weighted by atomic mass is 9.96. The van der Waals surface area contributed by atoms with Gasteiger partial charge in [0.25, 0.3) is 0 Å². The second kappa shape index (κ2) is 7.71. The maximum atomic E-state index is 13.1. The lowest BCUT2D eigenvalue weighted by molar-refractivity contribution is -0.123. The molecule has 1 aromatic heterocycles. The van der Waals surface area contributed by atoms with E-state index >= 15 is 0 Å². The molecule has 2 aromatic rings. The molecule has 0 saturated heterocycles. The fourth-order valence-electron chi connectivity index (χ4n) is 1.49. The molecule has 0 fully saturated rings.